The second kappa shape index (κ2) is 9.84. The number of carboxylic acid groups (broad SMARTS) is 1. The number of fused-ring (bicyclic) bond motifs is 1. The van der Waals surface area contributed by atoms with E-state index in [1.165, 1.54) is 6.07 Å². The molecule has 36 heavy (non-hydrogen) atoms. The first kappa shape index (κ1) is 24.2. The lowest BCUT2D eigenvalue weighted by atomic mass is 9.82. The summed E-state index contributed by atoms with van der Waals surface area (Å²) in [6.45, 7) is 5.91. The molecule has 1 saturated carbocycles. The molecule has 0 saturated heterocycles. The van der Waals surface area contributed by atoms with Crippen LogP contribution < -0.4 is 9.47 Å². The lowest BCUT2D eigenvalue weighted by Gasteiger charge is -2.28. The number of hydrogen-bond donors (Lipinski definition) is 1. The number of aryl methyl sites for hydroxylation is 2. The Bertz CT molecular complexity index is 1290. The van der Waals surface area contributed by atoms with E-state index >= 15 is 0 Å². The zero-order chi connectivity index (χ0) is 25.4. The van der Waals surface area contributed by atoms with Gasteiger partial charge in [0.15, 0.2) is 5.82 Å². The topological polar surface area (TPSA) is 94.4 Å². The summed E-state index contributed by atoms with van der Waals surface area (Å²) in [5, 5.41) is 9.63. The summed E-state index contributed by atoms with van der Waals surface area (Å²) in [7, 11) is 0. The summed E-state index contributed by atoms with van der Waals surface area (Å²) < 4.78 is 26.3. The Morgan fingerprint density at radius 1 is 1.22 bits per heavy atom. The second-order valence-electron chi connectivity index (χ2n) is 9.66. The van der Waals surface area contributed by atoms with E-state index in [0.717, 1.165) is 48.8 Å². The third kappa shape index (κ3) is 4.76. The highest BCUT2D eigenvalue weighted by atomic mass is 19.1. The van der Waals surface area contributed by atoms with Crippen LogP contribution in [0.1, 0.15) is 67.6 Å². The number of hydrogen-bond acceptors (Lipinski definition) is 6. The van der Waals surface area contributed by atoms with E-state index in [4.69, 9.17) is 9.47 Å². The first-order chi connectivity index (χ1) is 17.4. The molecule has 1 aromatic carbocycles. The van der Waals surface area contributed by atoms with Crippen LogP contribution in [0.3, 0.4) is 0 Å². The third-order valence-corrected chi connectivity index (χ3v) is 7.17. The molecule has 3 heterocycles. The van der Waals surface area contributed by atoms with Crippen LogP contribution >= 0.6 is 0 Å². The van der Waals surface area contributed by atoms with Gasteiger partial charge in [-0.15, -0.1) is 0 Å². The fourth-order valence-corrected chi connectivity index (χ4v) is 5.14. The maximum atomic E-state index is 14.5. The summed E-state index contributed by atoms with van der Waals surface area (Å²) in [4.78, 5) is 24.9. The molecule has 1 unspecified atom stereocenters. The van der Waals surface area contributed by atoms with Crippen molar-refractivity contribution in [3.63, 3.8) is 0 Å². The van der Waals surface area contributed by atoms with Crippen molar-refractivity contribution in [2.75, 3.05) is 6.61 Å². The van der Waals surface area contributed by atoms with E-state index in [1.54, 1.807) is 13.1 Å². The lowest BCUT2D eigenvalue weighted by molar-refractivity contribution is -0.142. The normalized spacial score (nSPS) is 18.6. The summed E-state index contributed by atoms with van der Waals surface area (Å²) in [5.41, 5.74) is 4.20. The van der Waals surface area contributed by atoms with Crippen LogP contribution in [-0.2, 0) is 11.2 Å². The molecule has 1 fully saturated rings. The minimum atomic E-state index is -0.770. The molecule has 0 spiro atoms. The number of halogens is 1. The van der Waals surface area contributed by atoms with Crippen molar-refractivity contribution in [1.82, 2.24) is 15.0 Å². The molecule has 0 amide bonds. The van der Waals surface area contributed by atoms with Crippen molar-refractivity contribution in [1.29, 1.82) is 0 Å². The number of carboxylic acids is 1. The zero-order valence-corrected chi connectivity index (χ0v) is 20.7. The van der Waals surface area contributed by atoms with Gasteiger partial charge in [0.25, 0.3) is 0 Å². The van der Waals surface area contributed by atoms with Crippen molar-refractivity contribution < 1.29 is 23.8 Å². The Morgan fingerprint density at radius 2 is 2.03 bits per heavy atom. The van der Waals surface area contributed by atoms with Crippen LogP contribution in [0.4, 0.5) is 4.39 Å². The molecule has 1 aliphatic carbocycles. The summed E-state index contributed by atoms with van der Waals surface area (Å²) in [5.74, 6) is -0.210. The first-order valence-corrected chi connectivity index (χ1v) is 12.5. The average Bonchev–Trinajstić information content (AvgIpc) is 3.70. The SMILES string of the molecule is CCOc1cc(-c2cnc(C3CCc4ccc([C@H](C5CC5)[C@H](C)C(=O)O)cc4O3)c(C)n2)c(F)cn1. The van der Waals surface area contributed by atoms with Crippen molar-refractivity contribution in [3.05, 3.63) is 65.0 Å². The number of carbonyl (C=O) groups is 1. The fourth-order valence-electron chi connectivity index (χ4n) is 5.14. The van der Waals surface area contributed by atoms with Crippen LogP contribution in [0.15, 0.2) is 36.7 Å². The van der Waals surface area contributed by atoms with Gasteiger partial charge in [0.1, 0.15) is 17.5 Å². The van der Waals surface area contributed by atoms with E-state index in [-0.39, 0.29) is 17.6 Å². The molecular weight excluding hydrogens is 461 g/mol. The molecule has 2 aliphatic rings. The fraction of sp³-hybridized carbons (Fsp3) is 0.429. The molecule has 1 N–H and O–H groups in total. The Morgan fingerprint density at radius 3 is 2.72 bits per heavy atom. The number of rotatable bonds is 8. The van der Waals surface area contributed by atoms with Crippen molar-refractivity contribution in [2.24, 2.45) is 11.8 Å². The van der Waals surface area contributed by atoms with Gasteiger partial charge in [-0.2, -0.15) is 0 Å². The standard InChI is InChI=1S/C28H30FN3O4/c1-4-35-25-12-20(21(29)13-30-25)22-14-31-27(16(3)32-22)23-10-9-17-5-8-19(11-24(17)36-23)26(18-6-7-18)15(2)28(33)34/h5,8,11-15,18,23,26H,4,6-7,9-10H2,1-3H3,(H,33,34)/t15-,23?,26-/m0/s1. The molecule has 5 rings (SSSR count). The van der Waals surface area contributed by atoms with Gasteiger partial charge < -0.3 is 14.6 Å². The van der Waals surface area contributed by atoms with Gasteiger partial charge in [0, 0.05) is 11.6 Å². The highest BCUT2D eigenvalue weighted by Crippen LogP contribution is 2.48. The molecule has 2 aromatic heterocycles. The molecule has 7 nitrogen and oxygen atoms in total. The lowest BCUT2D eigenvalue weighted by Crippen LogP contribution is -2.22. The molecule has 188 valence electrons. The summed E-state index contributed by atoms with van der Waals surface area (Å²) in [6.07, 6.45) is 6.10. The number of benzene rings is 1. The van der Waals surface area contributed by atoms with E-state index in [9.17, 15) is 14.3 Å². The van der Waals surface area contributed by atoms with Gasteiger partial charge in [-0.25, -0.2) is 14.4 Å². The molecule has 0 bridgehead atoms. The highest BCUT2D eigenvalue weighted by molar-refractivity contribution is 5.71. The largest absolute Gasteiger partial charge is 0.484 e. The van der Waals surface area contributed by atoms with E-state index in [2.05, 4.69) is 27.1 Å². The molecular formula is C28H30FN3O4. The molecule has 3 aromatic rings. The predicted octanol–water partition coefficient (Wildman–Crippen LogP) is 5.67. The number of pyridine rings is 1. The van der Waals surface area contributed by atoms with E-state index in [0.29, 0.717) is 35.5 Å². The van der Waals surface area contributed by atoms with Crippen molar-refractivity contribution >= 4 is 5.97 Å². The third-order valence-electron chi connectivity index (χ3n) is 7.17. The van der Waals surface area contributed by atoms with Gasteiger partial charge in [-0.1, -0.05) is 19.1 Å². The Labute approximate surface area is 209 Å². The quantitative estimate of drug-likeness (QED) is 0.434. The minimum Gasteiger partial charge on any atom is -0.484 e. The summed E-state index contributed by atoms with van der Waals surface area (Å²) >= 11 is 0. The highest BCUT2D eigenvalue weighted by Gasteiger charge is 2.39. The molecule has 8 heteroatoms. The number of aliphatic carboxylic acids is 1. The van der Waals surface area contributed by atoms with Crippen LogP contribution in [0.5, 0.6) is 11.6 Å². The Kier molecular flexibility index (Phi) is 6.60. The number of ether oxygens (including phenoxy) is 2. The Hall–Kier alpha value is -3.55. The van der Waals surface area contributed by atoms with Gasteiger partial charge >= 0.3 is 5.97 Å². The van der Waals surface area contributed by atoms with E-state index in [1.807, 2.05) is 19.9 Å². The number of nitrogens with zero attached hydrogens (tertiary/aromatic N) is 3. The molecule has 3 atom stereocenters. The monoisotopic (exact) mass is 491 g/mol. The average molecular weight is 492 g/mol. The second-order valence-corrected chi connectivity index (χ2v) is 9.66. The van der Waals surface area contributed by atoms with Gasteiger partial charge in [-0.05, 0) is 68.6 Å². The summed E-state index contributed by atoms with van der Waals surface area (Å²) in [6, 6.07) is 7.67. The minimum absolute atomic E-state index is 0.0191. The maximum Gasteiger partial charge on any atom is 0.306 e. The zero-order valence-electron chi connectivity index (χ0n) is 20.7. The van der Waals surface area contributed by atoms with Gasteiger partial charge in [-0.3, -0.25) is 9.78 Å². The Balaban J connectivity index is 1.40. The predicted molar refractivity (Wildman–Crippen MR) is 132 cm³/mol. The van der Waals surface area contributed by atoms with Crippen LogP contribution in [0, 0.1) is 24.6 Å². The smallest absolute Gasteiger partial charge is 0.306 e. The van der Waals surface area contributed by atoms with Crippen molar-refractivity contribution in [2.45, 2.75) is 58.5 Å². The van der Waals surface area contributed by atoms with Crippen molar-refractivity contribution in [3.8, 4) is 22.9 Å². The molecule has 1 aliphatic heterocycles. The maximum absolute atomic E-state index is 14.5. The van der Waals surface area contributed by atoms with E-state index < -0.39 is 17.7 Å². The number of aromatic nitrogens is 3. The first-order valence-electron chi connectivity index (χ1n) is 12.5. The van der Waals surface area contributed by atoms with Gasteiger partial charge in [0.2, 0.25) is 5.88 Å². The van der Waals surface area contributed by atoms with Crippen LogP contribution in [0.25, 0.3) is 11.3 Å². The van der Waals surface area contributed by atoms with Gasteiger partial charge in [0.05, 0.1) is 36.3 Å². The molecule has 0 radical (unpaired) electrons. The van der Waals surface area contributed by atoms with Crippen LogP contribution in [-0.4, -0.2) is 32.6 Å². The van der Waals surface area contributed by atoms with Crippen LogP contribution in [0.2, 0.25) is 0 Å².